The van der Waals surface area contributed by atoms with Crippen LogP contribution in [0.15, 0.2) is 24.5 Å². The first-order chi connectivity index (χ1) is 10.3. The van der Waals surface area contributed by atoms with Gasteiger partial charge in [0.2, 0.25) is 0 Å². The topological polar surface area (TPSA) is 37.4 Å². The Kier molecular flexibility index (Phi) is 6.61. The largest absolute Gasteiger partial charge is 0.381 e. The Hall–Kier alpha value is -0.970. The number of nitrogens with one attached hydrogen (secondary N) is 1. The van der Waals surface area contributed by atoms with Crippen LogP contribution in [-0.2, 0) is 11.3 Å². The minimum atomic E-state index is 0.276. The Labute approximate surface area is 128 Å². The Morgan fingerprint density at radius 2 is 2.14 bits per heavy atom. The number of nitrogens with zero attached hydrogens (tertiary/aromatic N) is 2. The summed E-state index contributed by atoms with van der Waals surface area (Å²) in [6, 6.07) is 4.21. The Morgan fingerprint density at radius 1 is 1.33 bits per heavy atom. The molecular formula is C17H29N3O. The van der Waals surface area contributed by atoms with Gasteiger partial charge in [0, 0.05) is 44.0 Å². The van der Waals surface area contributed by atoms with Crippen molar-refractivity contribution in [3.63, 3.8) is 0 Å². The van der Waals surface area contributed by atoms with Crippen LogP contribution in [-0.4, -0.2) is 49.3 Å². The van der Waals surface area contributed by atoms with Crippen LogP contribution in [0.2, 0.25) is 0 Å². The minimum absolute atomic E-state index is 0.276. The number of ether oxygens (including phenoxy) is 1. The number of pyridine rings is 1. The van der Waals surface area contributed by atoms with Crippen molar-refractivity contribution in [2.75, 3.05) is 39.4 Å². The molecule has 2 heterocycles. The molecule has 0 radical (unpaired) electrons. The SMILES string of the molecule is CCCNCC1(CN(CC)Cc2ccncc2)CCOC1. The van der Waals surface area contributed by atoms with Gasteiger partial charge in [-0.2, -0.15) is 0 Å². The van der Waals surface area contributed by atoms with Crippen LogP contribution < -0.4 is 5.32 Å². The third-order valence-corrected chi connectivity index (χ3v) is 4.27. The molecule has 1 saturated heterocycles. The molecule has 1 aliphatic heterocycles. The van der Waals surface area contributed by atoms with Crippen LogP contribution in [0.25, 0.3) is 0 Å². The van der Waals surface area contributed by atoms with Crippen molar-refractivity contribution in [2.45, 2.75) is 33.2 Å². The summed E-state index contributed by atoms with van der Waals surface area (Å²) in [7, 11) is 0. The van der Waals surface area contributed by atoms with Crippen LogP contribution in [0.5, 0.6) is 0 Å². The Morgan fingerprint density at radius 3 is 2.76 bits per heavy atom. The van der Waals surface area contributed by atoms with Gasteiger partial charge in [0.25, 0.3) is 0 Å². The average Bonchev–Trinajstić information content (AvgIpc) is 2.97. The molecule has 4 heteroatoms. The summed E-state index contributed by atoms with van der Waals surface area (Å²) in [4.78, 5) is 6.62. The van der Waals surface area contributed by atoms with Crippen molar-refractivity contribution in [3.05, 3.63) is 30.1 Å². The highest BCUT2D eigenvalue weighted by Crippen LogP contribution is 2.29. The molecule has 0 saturated carbocycles. The molecule has 1 fully saturated rings. The molecule has 0 aromatic carbocycles. The van der Waals surface area contributed by atoms with Gasteiger partial charge in [-0.1, -0.05) is 13.8 Å². The monoisotopic (exact) mass is 291 g/mol. The van der Waals surface area contributed by atoms with Crippen molar-refractivity contribution in [1.82, 2.24) is 15.2 Å². The second-order valence-electron chi connectivity index (χ2n) is 6.14. The predicted octanol–water partition coefficient (Wildman–Crippen LogP) is 2.31. The van der Waals surface area contributed by atoms with E-state index in [4.69, 9.17) is 4.74 Å². The summed E-state index contributed by atoms with van der Waals surface area (Å²) in [5, 5.41) is 3.59. The van der Waals surface area contributed by atoms with Gasteiger partial charge in [-0.3, -0.25) is 9.88 Å². The standard InChI is InChI=1S/C17H29N3O/c1-3-8-19-13-17(7-11-21-15-17)14-20(4-2)12-16-5-9-18-10-6-16/h5-6,9-10,19H,3-4,7-8,11-15H2,1-2H3. The lowest BCUT2D eigenvalue weighted by atomic mass is 9.86. The fourth-order valence-electron chi connectivity index (χ4n) is 3.00. The maximum Gasteiger partial charge on any atom is 0.0547 e. The van der Waals surface area contributed by atoms with E-state index in [9.17, 15) is 0 Å². The maximum absolute atomic E-state index is 5.71. The molecule has 0 amide bonds. The normalized spacial score (nSPS) is 22.0. The molecule has 21 heavy (non-hydrogen) atoms. The van der Waals surface area contributed by atoms with E-state index in [1.54, 1.807) is 0 Å². The number of hydrogen-bond acceptors (Lipinski definition) is 4. The number of aromatic nitrogens is 1. The number of rotatable bonds is 9. The van der Waals surface area contributed by atoms with Gasteiger partial charge < -0.3 is 10.1 Å². The molecule has 1 unspecified atom stereocenters. The fraction of sp³-hybridized carbons (Fsp3) is 0.706. The van der Waals surface area contributed by atoms with E-state index in [0.29, 0.717) is 0 Å². The zero-order valence-corrected chi connectivity index (χ0v) is 13.5. The van der Waals surface area contributed by atoms with E-state index < -0.39 is 0 Å². The third-order valence-electron chi connectivity index (χ3n) is 4.27. The summed E-state index contributed by atoms with van der Waals surface area (Å²) in [6.07, 6.45) is 6.10. The van der Waals surface area contributed by atoms with Crippen molar-refractivity contribution < 1.29 is 4.74 Å². The lowest BCUT2D eigenvalue weighted by Crippen LogP contribution is -2.44. The Balaban J connectivity index is 1.93. The van der Waals surface area contributed by atoms with Gasteiger partial charge in [-0.25, -0.2) is 0 Å². The van der Waals surface area contributed by atoms with Gasteiger partial charge in [0.15, 0.2) is 0 Å². The average molecular weight is 291 g/mol. The molecule has 118 valence electrons. The van der Waals surface area contributed by atoms with Crippen LogP contribution in [0.1, 0.15) is 32.3 Å². The van der Waals surface area contributed by atoms with E-state index >= 15 is 0 Å². The smallest absolute Gasteiger partial charge is 0.0547 e. The summed E-state index contributed by atoms with van der Waals surface area (Å²) in [6.45, 7) is 11.6. The summed E-state index contributed by atoms with van der Waals surface area (Å²) in [5.41, 5.74) is 1.61. The van der Waals surface area contributed by atoms with Crippen LogP contribution in [0.3, 0.4) is 0 Å². The molecule has 0 spiro atoms. The molecule has 2 rings (SSSR count). The second kappa shape index (κ2) is 8.47. The van der Waals surface area contributed by atoms with E-state index in [2.05, 4.69) is 41.2 Å². The first-order valence-electron chi connectivity index (χ1n) is 8.18. The van der Waals surface area contributed by atoms with Crippen molar-refractivity contribution in [2.24, 2.45) is 5.41 Å². The first kappa shape index (κ1) is 16.4. The van der Waals surface area contributed by atoms with E-state index in [1.807, 2.05) is 12.4 Å². The van der Waals surface area contributed by atoms with E-state index in [0.717, 1.165) is 52.4 Å². The van der Waals surface area contributed by atoms with Gasteiger partial charge in [0.05, 0.1) is 6.61 Å². The molecular weight excluding hydrogens is 262 g/mol. The Bertz CT molecular complexity index is 390. The van der Waals surface area contributed by atoms with Gasteiger partial charge >= 0.3 is 0 Å². The zero-order chi connectivity index (χ0) is 15.0. The molecule has 1 atom stereocenters. The molecule has 1 aromatic rings. The van der Waals surface area contributed by atoms with E-state index in [1.165, 1.54) is 12.0 Å². The van der Waals surface area contributed by atoms with E-state index in [-0.39, 0.29) is 5.41 Å². The van der Waals surface area contributed by atoms with Crippen molar-refractivity contribution >= 4 is 0 Å². The highest BCUT2D eigenvalue weighted by atomic mass is 16.5. The minimum Gasteiger partial charge on any atom is -0.381 e. The lowest BCUT2D eigenvalue weighted by molar-refractivity contribution is 0.107. The zero-order valence-electron chi connectivity index (χ0n) is 13.5. The first-order valence-corrected chi connectivity index (χ1v) is 8.18. The summed E-state index contributed by atoms with van der Waals surface area (Å²) >= 11 is 0. The van der Waals surface area contributed by atoms with Gasteiger partial charge in [-0.15, -0.1) is 0 Å². The van der Waals surface area contributed by atoms with Crippen molar-refractivity contribution in [3.8, 4) is 0 Å². The molecule has 4 nitrogen and oxygen atoms in total. The van der Waals surface area contributed by atoms with Crippen LogP contribution in [0, 0.1) is 5.41 Å². The molecule has 1 aromatic heterocycles. The summed E-state index contributed by atoms with van der Waals surface area (Å²) in [5.74, 6) is 0. The second-order valence-corrected chi connectivity index (χ2v) is 6.14. The van der Waals surface area contributed by atoms with Gasteiger partial charge in [-0.05, 0) is 43.6 Å². The fourth-order valence-corrected chi connectivity index (χ4v) is 3.00. The van der Waals surface area contributed by atoms with Crippen molar-refractivity contribution in [1.29, 1.82) is 0 Å². The highest BCUT2D eigenvalue weighted by molar-refractivity contribution is 5.09. The number of hydrogen-bond donors (Lipinski definition) is 1. The molecule has 1 aliphatic rings. The predicted molar refractivity (Wildman–Crippen MR) is 86.2 cm³/mol. The highest BCUT2D eigenvalue weighted by Gasteiger charge is 2.36. The van der Waals surface area contributed by atoms with Crippen LogP contribution >= 0.6 is 0 Å². The maximum atomic E-state index is 5.71. The molecule has 1 N–H and O–H groups in total. The van der Waals surface area contributed by atoms with Crippen LogP contribution in [0.4, 0.5) is 0 Å². The van der Waals surface area contributed by atoms with Gasteiger partial charge in [0.1, 0.15) is 0 Å². The molecule has 0 aliphatic carbocycles. The molecule has 0 bridgehead atoms. The lowest BCUT2D eigenvalue weighted by Gasteiger charge is -2.34. The summed E-state index contributed by atoms with van der Waals surface area (Å²) < 4.78 is 5.71. The third kappa shape index (κ3) is 5.06. The quantitative estimate of drug-likeness (QED) is 0.709.